The number of benzene rings is 1. The van der Waals surface area contributed by atoms with Gasteiger partial charge in [0.05, 0.1) is 0 Å². The Balaban J connectivity index is 2.90. The molecule has 0 unspecified atom stereocenters. The third kappa shape index (κ3) is 1.82. The van der Waals surface area contributed by atoms with Crippen molar-refractivity contribution < 1.29 is 17.2 Å². The fourth-order valence-electron chi connectivity index (χ4n) is 1.27. The zero-order valence-electron chi connectivity index (χ0n) is 7.81. The highest BCUT2D eigenvalue weighted by Crippen LogP contribution is 2.16. The van der Waals surface area contributed by atoms with Crippen molar-refractivity contribution in [3.05, 3.63) is 40.5 Å². The fraction of sp³-hybridized carbons (Fsp3) is 0. The van der Waals surface area contributed by atoms with E-state index in [-0.39, 0.29) is 11.0 Å². The van der Waals surface area contributed by atoms with Gasteiger partial charge in [0.25, 0.3) is 0 Å². The maximum absolute atomic E-state index is 12.9. The molecule has 84 valence electrons. The van der Waals surface area contributed by atoms with Crippen molar-refractivity contribution in [3.8, 4) is 0 Å². The number of hydrogen-bond donors (Lipinski definition) is 1. The van der Waals surface area contributed by atoms with Crippen LogP contribution in [-0.4, -0.2) is 8.42 Å². The predicted octanol–water partition coefficient (Wildman–Crippen LogP) is 0.580. The molecule has 0 saturated heterocycles. The monoisotopic (exact) mass is 243 g/mol. The normalized spacial score (nSPS) is 11.9. The summed E-state index contributed by atoms with van der Waals surface area (Å²) in [5.41, 5.74) is -0.972. The maximum Gasteiger partial charge on any atom is 0.356 e. The highest BCUT2D eigenvalue weighted by molar-refractivity contribution is 7.89. The molecule has 0 aliphatic carbocycles. The van der Waals surface area contributed by atoms with Crippen LogP contribution in [0.25, 0.3) is 11.0 Å². The molecule has 0 spiro atoms. The van der Waals surface area contributed by atoms with Gasteiger partial charge in [-0.3, -0.25) is 0 Å². The predicted molar refractivity (Wildman–Crippen MR) is 53.8 cm³/mol. The molecule has 1 heterocycles. The van der Waals surface area contributed by atoms with Crippen LogP contribution in [0.15, 0.2) is 38.4 Å². The molecular weight excluding hydrogens is 237 g/mol. The SMILES string of the molecule is NS(=O)(=O)c1cc2cc(F)ccc2oc1=O. The van der Waals surface area contributed by atoms with Crippen molar-refractivity contribution >= 4 is 21.0 Å². The highest BCUT2D eigenvalue weighted by atomic mass is 32.2. The average molecular weight is 243 g/mol. The molecule has 16 heavy (non-hydrogen) atoms. The summed E-state index contributed by atoms with van der Waals surface area (Å²) in [6, 6.07) is 4.37. The first kappa shape index (κ1) is 10.8. The summed E-state index contributed by atoms with van der Waals surface area (Å²) in [7, 11) is -4.17. The van der Waals surface area contributed by atoms with E-state index >= 15 is 0 Å². The van der Waals surface area contributed by atoms with E-state index in [0.717, 1.165) is 18.2 Å². The van der Waals surface area contributed by atoms with E-state index < -0.39 is 26.4 Å². The molecule has 0 aliphatic rings. The van der Waals surface area contributed by atoms with Gasteiger partial charge in [-0.1, -0.05) is 0 Å². The van der Waals surface area contributed by atoms with Crippen LogP contribution in [-0.2, 0) is 10.0 Å². The topological polar surface area (TPSA) is 90.4 Å². The van der Waals surface area contributed by atoms with Gasteiger partial charge < -0.3 is 4.42 Å². The van der Waals surface area contributed by atoms with Gasteiger partial charge in [-0.05, 0) is 24.3 Å². The Morgan fingerprint density at radius 3 is 2.56 bits per heavy atom. The lowest BCUT2D eigenvalue weighted by Gasteiger charge is -1.99. The Bertz CT molecular complexity index is 720. The van der Waals surface area contributed by atoms with E-state index in [1.54, 1.807) is 0 Å². The van der Waals surface area contributed by atoms with Gasteiger partial charge in [0.15, 0.2) is 4.90 Å². The number of nitrogens with two attached hydrogens (primary N) is 1. The number of halogens is 1. The molecule has 0 saturated carbocycles. The summed E-state index contributed by atoms with van der Waals surface area (Å²) in [5, 5.41) is 4.96. The second-order valence-electron chi connectivity index (χ2n) is 3.13. The van der Waals surface area contributed by atoms with Gasteiger partial charge in [-0.2, -0.15) is 0 Å². The standard InChI is InChI=1S/C9H6FNO4S/c10-6-1-2-7-5(3-6)4-8(9(12)15-7)16(11,13)14/h1-4H,(H2,11,13,14). The lowest BCUT2D eigenvalue weighted by molar-refractivity contribution is 0.531. The minimum atomic E-state index is -4.17. The maximum atomic E-state index is 12.9. The van der Waals surface area contributed by atoms with Crippen molar-refractivity contribution in [2.24, 2.45) is 5.14 Å². The van der Waals surface area contributed by atoms with Crippen LogP contribution in [0.5, 0.6) is 0 Å². The number of hydrogen-bond acceptors (Lipinski definition) is 4. The van der Waals surface area contributed by atoms with Crippen LogP contribution in [0.1, 0.15) is 0 Å². The molecule has 0 aliphatic heterocycles. The fourth-order valence-corrected chi connectivity index (χ4v) is 1.84. The molecule has 1 aromatic heterocycles. The van der Waals surface area contributed by atoms with Crippen LogP contribution in [0.4, 0.5) is 4.39 Å². The van der Waals surface area contributed by atoms with Crippen LogP contribution < -0.4 is 10.8 Å². The molecule has 0 bridgehead atoms. The first-order valence-corrected chi connectivity index (χ1v) is 5.69. The van der Waals surface area contributed by atoms with E-state index in [0.29, 0.717) is 0 Å². The van der Waals surface area contributed by atoms with Gasteiger partial charge in [0.1, 0.15) is 11.4 Å². The minimum absolute atomic E-state index is 0.0961. The van der Waals surface area contributed by atoms with Crippen molar-refractivity contribution in [2.75, 3.05) is 0 Å². The Labute approximate surface area is 89.3 Å². The van der Waals surface area contributed by atoms with Crippen LogP contribution in [0, 0.1) is 5.82 Å². The molecule has 0 atom stereocenters. The summed E-state index contributed by atoms with van der Waals surface area (Å²) in [6.07, 6.45) is 0. The molecular formula is C9H6FNO4S. The molecule has 0 radical (unpaired) electrons. The smallest absolute Gasteiger partial charge is 0.356 e. The number of fused-ring (bicyclic) bond motifs is 1. The number of primary sulfonamides is 1. The van der Waals surface area contributed by atoms with Crippen molar-refractivity contribution in [1.82, 2.24) is 0 Å². The molecule has 1 aromatic carbocycles. The van der Waals surface area contributed by atoms with E-state index in [1.807, 2.05) is 0 Å². The number of rotatable bonds is 1. The van der Waals surface area contributed by atoms with Gasteiger partial charge >= 0.3 is 5.63 Å². The summed E-state index contributed by atoms with van der Waals surface area (Å²) in [6.45, 7) is 0. The molecule has 2 aromatic rings. The van der Waals surface area contributed by atoms with E-state index in [2.05, 4.69) is 0 Å². The second kappa shape index (κ2) is 3.39. The van der Waals surface area contributed by atoms with Gasteiger partial charge in [0, 0.05) is 5.39 Å². The van der Waals surface area contributed by atoms with Crippen LogP contribution >= 0.6 is 0 Å². The minimum Gasteiger partial charge on any atom is -0.422 e. The van der Waals surface area contributed by atoms with E-state index in [4.69, 9.17) is 9.56 Å². The van der Waals surface area contributed by atoms with Gasteiger partial charge in [0.2, 0.25) is 10.0 Å². The Hall–Kier alpha value is -1.73. The number of sulfonamides is 1. The zero-order valence-corrected chi connectivity index (χ0v) is 8.62. The molecule has 0 amide bonds. The zero-order chi connectivity index (χ0) is 11.9. The van der Waals surface area contributed by atoms with Gasteiger partial charge in [-0.25, -0.2) is 22.7 Å². The van der Waals surface area contributed by atoms with E-state index in [1.165, 1.54) is 6.07 Å². The van der Waals surface area contributed by atoms with Crippen molar-refractivity contribution in [2.45, 2.75) is 4.90 Å². The van der Waals surface area contributed by atoms with Crippen molar-refractivity contribution in [3.63, 3.8) is 0 Å². The largest absolute Gasteiger partial charge is 0.422 e. The third-order valence-corrected chi connectivity index (χ3v) is 2.87. The van der Waals surface area contributed by atoms with Gasteiger partial charge in [-0.15, -0.1) is 0 Å². The quantitative estimate of drug-likeness (QED) is 0.742. The highest BCUT2D eigenvalue weighted by Gasteiger charge is 2.16. The lowest BCUT2D eigenvalue weighted by atomic mass is 10.2. The first-order valence-electron chi connectivity index (χ1n) is 4.14. The Morgan fingerprint density at radius 2 is 1.94 bits per heavy atom. The second-order valence-corrected chi connectivity index (χ2v) is 4.66. The third-order valence-electron chi connectivity index (χ3n) is 1.97. The summed E-state index contributed by atoms with van der Waals surface area (Å²) in [5.74, 6) is -0.568. The molecule has 5 nitrogen and oxygen atoms in total. The summed E-state index contributed by atoms with van der Waals surface area (Å²) < 4.78 is 39.6. The molecule has 0 fully saturated rings. The Morgan fingerprint density at radius 1 is 1.25 bits per heavy atom. The van der Waals surface area contributed by atoms with Crippen molar-refractivity contribution in [1.29, 1.82) is 0 Å². The Kier molecular flexibility index (Phi) is 2.28. The molecule has 2 N–H and O–H groups in total. The average Bonchev–Trinajstić information content (AvgIpc) is 2.16. The van der Waals surface area contributed by atoms with Crippen LogP contribution in [0.2, 0.25) is 0 Å². The van der Waals surface area contributed by atoms with Crippen LogP contribution in [0.3, 0.4) is 0 Å². The first-order chi connectivity index (χ1) is 7.38. The molecule has 2 rings (SSSR count). The van der Waals surface area contributed by atoms with E-state index in [9.17, 15) is 17.6 Å². The summed E-state index contributed by atoms with van der Waals surface area (Å²) >= 11 is 0. The summed E-state index contributed by atoms with van der Waals surface area (Å²) in [4.78, 5) is 10.6. The lowest BCUT2D eigenvalue weighted by Crippen LogP contribution is -2.20. The molecule has 7 heteroatoms.